The highest BCUT2D eigenvalue weighted by atomic mass is 32.2. The summed E-state index contributed by atoms with van der Waals surface area (Å²) in [5.74, 6) is -2.68. The summed E-state index contributed by atoms with van der Waals surface area (Å²) in [4.78, 5) is 63.2. The Labute approximate surface area is 449 Å². The molecular weight excluding hydrogens is 989 g/mol. The Morgan fingerprint density at radius 3 is 0.987 bits per heavy atom. The lowest BCUT2D eigenvalue weighted by atomic mass is 9.53. The predicted octanol–water partition coefficient (Wildman–Crippen LogP) is 11.0. The van der Waals surface area contributed by atoms with Gasteiger partial charge in [-0.05, 0) is 134 Å². The van der Waals surface area contributed by atoms with Crippen molar-refractivity contribution in [3.63, 3.8) is 0 Å². The van der Waals surface area contributed by atoms with Crippen molar-refractivity contribution in [2.75, 3.05) is 36.2 Å². The Morgan fingerprint density at radius 2 is 0.688 bits per heavy atom. The number of carbonyl (C=O) groups is 4. The maximum Gasteiger partial charge on any atom is 0.355 e. The molecule has 0 fully saturated rings. The molecule has 2 atom stereocenters. The number of carbonyl (C=O) groups excluding carboxylic acids is 4. The largest absolute Gasteiger partial charge is 0.463 e. The second kappa shape index (κ2) is 16.6. The average molecular weight is 1050 g/mol. The molecule has 0 saturated carbocycles. The van der Waals surface area contributed by atoms with Crippen molar-refractivity contribution in [3.05, 3.63) is 189 Å². The third-order valence-corrected chi connectivity index (χ3v) is 20.4. The van der Waals surface area contributed by atoms with Gasteiger partial charge in [0.15, 0.2) is 0 Å². The molecule has 4 heterocycles. The molecule has 0 amide bonds. The molecular formula is C64H60N2O10S. The van der Waals surface area contributed by atoms with Gasteiger partial charge in [0.2, 0.25) is 9.84 Å². The molecule has 6 aromatic rings. The van der Waals surface area contributed by atoms with Crippen LogP contribution >= 0.6 is 0 Å². The summed E-state index contributed by atoms with van der Waals surface area (Å²) in [6, 6.07) is 41.8. The fourth-order valence-electron chi connectivity index (χ4n) is 15.2. The molecule has 2 spiro atoms. The first-order chi connectivity index (χ1) is 36.8. The van der Waals surface area contributed by atoms with Gasteiger partial charge in [-0.1, -0.05) is 125 Å². The van der Waals surface area contributed by atoms with Gasteiger partial charge in [0.1, 0.15) is 11.4 Å². The molecule has 13 heteroatoms. The summed E-state index contributed by atoms with van der Waals surface area (Å²) in [5, 5.41) is 0. The summed E-state index contributed by atoms with van der Waals surface area (Å²) < 4.78 is 54.9. The normalized spacial score (nSPS) is 21.5. The minimum atomic E-state index is -4.35. The van der Waals surface area contributed by atoms with Crippen molar-refractivity contribution >= 4 is 45.1 Å². The molecule has 2 unspecified atom stereocenters. The fraction of sp³-hybridized carbons (Fsp3) is 0.312. The summed E-state index contributed by atoms with van der Waals surface area (Å²) in [6.07, 6.45) is 0. The van der Waals surface area contributed by atoms with E-state index in [1.165, 1.54) is 0 Å². The number of benzene rings is 6. The van der Waals surface area contributed by atoms with E-state index in [9.17, 15) is 19.2 Å². The molecule has 0 N–H and O–H groups in total. The van der Waals surface area contributed by atoms with Crippen LogP contribution in [-0.4, -0.2) is 69.8 Å². The van der Waals surface area contributed by atoms with E-state index in [1.54, 1.807) is 64.1 Å². The number of hydrogen-bond acceptors (Lipinski definition) is 12. The zero-order valence-electron chi connectivity index (χ0n) is 44.9. The first kappa shape index (κ1) is 50.1. The van der Waals surface area contributed by atoms with Gasteiger partial charge in [-0.15, -0.1) is 0 Å². The summed E-state index contributed by atoms with van der Waals surface area (Å²) >= 11 is 0. The highest BCUT2D eigenvalue weighted by molar-refractivity contribution is 7.91. The number of fused-ring (bicyclic) bond motifs is 18. The minimum Gasteiger partial charge on any atom is -0.463 e. The van der Waals surface area contributed by atoms with Crippen LogP contribution in [0.2, 0.25) is 0 Å². The third kappa shape index (κ3) is 5.65. The van der Waals surface area contributed by atoms with Crippen LogP contribution < -0.4 is 9.80 Å². The first-order valence-electron chi connectivity index (χ1n) is 26.5. The van der Waals surface area contributed by atoms with Crippen molar-refractivity contribution < 1.29 is 46.5 Å². The van der Waals surface area contributed by atoms with Crippen LogP contribution in [0.5, 0.6) is 0 Å². The average Bonchev–Trinajstić information content (AvgIpc) is 2.85. The minimum absolute atomic E-state index is 0.0249. The lowest BCUT2D eigenvalue weighted by Gasteiger charge is -2.52. The molecule has 6 aromatic carbocycles. The molecule has 0 radical (unpaired) electrons. The Balaban J connectivity index is 1.06. The number of anilines is 2. The van der Waals surface area contributed by atoms with E-state index >= 15 is 8.42 Å². The SMILES string of the molecule is CCOC(=O)C1=C(C(=O)OCC)C2(c3ccccc3-c3ccccc32)C2(C)N1c1ccc(S(=O)(=O)c3ccc4c(c3)C(C)(C)C3(C)N4C(C(=O)OCC)=C(C(=O)OCC)C34c3ccccc3-c3ccccc34)cc1C2(C)C. The molecule has 0 bridgehead atoms. The van der Waals surface area contributed by atoms with Gasteiger partial charge < -0.3 is 28.7 Å². The van der Waals surface area contributed by atoms with Crippen LogP contribution in [-0.2, 0) is 69.6 Å². The van der Waals surface area contributed by atoms with E-state index in [4.69, 9.17) is 18.9 Å². The van der Waals surface area contributed by atoms with Gasteiger partial charge >= 0.3 is 23.9 Å². The zero-order valence-corrected chi connectivity index (χ0v) is 45.7. The second-order valence-corrected chi connectivity index (χ2v) is 23.9. The number of rotatable bonds is 10. The molecule has 6 aliphatic rings. The highest BCUT2D eigenvalue weighted by Gasteiger charge is 2.78. The Morgan fingerprint density at radius 1 is 0.403 bits per heavy atom. The third-order valence-electron chi connectivity index (χ3n) is 18.6. The van der Waals surface area contributed by atoms with Gasteiger partial charge in [0.25, 0.3) is 0 Å². The van der Waals surface area contributed by atoms with Gasteiger partial charge in [-0.3, -0.25) is 0 Å². The van der Waals surface area contributed by atoms with E-state index < -0.39 is 66.5 Å². The molecule has 0 saturated heterocycles. The molecule has 4 aliphatic heterocycles. The van der Waals surface area contributed by atoms with Crippen LogP contribution in [0.3, 0.4) is 0 Å². The van der Waals surface area contributed by atoms with Crippen molar-refractivity contribution in [2.24, 2.45) is 0 Å². The summed E-state index contributed by atoms with van der Waals surface area (Å²) in [5.41, 5.74) is 2.78. The van der Waals surface area contributed by atoms with Gasteiger partial charge in [-0.25, -0.2) is 27.6 Å². The van der Waals surface area contributed by atoms with Crippen LogP contribution in [0.1, 0.15) is 103 Å². The predicted molar refractivity (Wildman–Crippen MR) is 292 cm³/mol. The smallest absolute Gasteiger partial charge is 0.355 e. The van der Waals surface area contributed by atoms with Crippen LogP contribution in [0, 0.1) is 0 Å². The van der Waals surface area contributed by atoms with Crippen molar-refractivity contribution in [1.82, 2.24) is 0 Å². The Kier molecular flexibility index (Phi) is 10.8. The quantitative estimate of drug-likeness (QED) is 0.0951. The summed E-state index contributed by atoms with van der Waals surface area (Å²) in [6.45, 7) is 19.4. The fourth-order valence-corrected chi connectivity index (χ4v) is 16.5. The van der Waals surface area contributed by atoms with Crippen molar-refractivity contribution in [1.29, 1.82) is 0 Å². The van der Waals surface area contributed by atoms with Crippen LogP contribution in [0.4, 0.5) is 11.4 Å². The maximum absolute atomic E-state index is 15.7. The van der Waals surface area contributed by atoms with E-state index in [2.05, 4.69) is 13.8 Å². The molecule has 0 aromatic heterocycles. The lowest BCUT2D eigenvalue weighted by Crippen LogP contribution is -2.63. The number of ether oxygens (including phenoxy) is 4. The topological polar surface area (TPSA) is 146 Å². The molecule has 392 valence electrons. The van der Waals surface area contributed by atoms with E-state index in [1.807, 2.05) is 135 Å². The molecule has 2 aliphatic carbocycles. The van der Waals surface area contributed by atoms with Crippen LogP contribution in [0.25, 0.3) is 22.3 Å². The maximum atomic E-state index is 15.7. The Hall–Kier alpha value is -7.77. The Bertz CT molecular complexity index is 3500. The van der Waals surface area contributed by atoms with E-state index in [0.717, 1.165) is 44.5 Å². The lowest BCUT2D eigenvalue weighted by molar-refractivity contribution is -0.142. The summed E-state index contributed by atoms with van der Waals surface area (Å²) in [7, 11) is -4.35. The van der Waals surface area contributed by atoms with Crippen molar-refractivity contribution in [3.8, 4) is 22.3 Å². The number of nitrogens with zero attached hydrogens (tertiary/aromatic N) is 2. The van der Waals surface area contributed by atoms with Gasteiger partial charge in [0, 0.05) is 22.2 Å². The molecule has 12 rings (SSSR count). The second-order valence-electron chi connectivity index (χ2n) is 21.9. The standard InChI is InChI=1S/C64H60N2O10S/c1-11-73-55(67)51-53(57(69)75-13-3)65-49-33-31-37(35-47(49)59(5,6)61(65,9)63(51)43-27-19-15-23-39(43)40-24-16-20-28-44(40)63)77(71,72)38-32-34-50-48(36-38)60(7,8)62(10)64(45-29-21-17-25-41(45)42-26-18-22-30-46(42)64)52(56(68)74-12-2)54(66(50)62)58(70)76-14-4/h15-36H,11-14H2,1-10H3. The van der Waals surface area contributed by atoms with E-state index in [0.29, 0.717) is 22.5 Å². The molecule has 12 nitrogen and oxygen atoms in total. The number of sulfone groups is 1. The zero-order chi connectivity index (χ0) is 54.6. The van der Waals surface area contributed by atoms with Crippen molar-refractivity contribution in [2.45, 2.75) is 112 Å². The number of hydrogen-bond donors (Lipinski definition) is 0. The van der Waals surface area contributed by atoms with Gasteiger partial charge in [-0.2, -0.15) is 0 Å². The van der Waals surface area contributed by atoms with Gasteiger partial charge in [0.05, 0.1) is 69.3 Å². The first-order valence-corrected chi connectivity index (χ1v) is 28.0. The highest BCUT2D eigenvalue weighted by Crippen LogP contribution is 2.74. The number of esters is 4. The van der Waals surface area contributed by atoms with E-state index in [-0.39, 0.29) is 58.8 Å². The molecule has 77 heavy (non-hydrogen) atoms. The monoisotopic (exact) mass is 1050 g/mol. The van der Waals surface area contributed by atoms with Crippen LogP contribution in [0.15, 0.2) is 166 Å².